The van der Waals surface area contributed by atoms with Crippen molar-refractivity contribution < 1.29 is 18.6 Å². The summed E-state index contributed by atoms with van der Waals surface area (Å²) in [5.41, 5.74) is 0.770. The Hall–Kier alpha value is -2.33. The molecule has 0 spiro atoms. The van der Waals surface area contributed by atoms with Gasteiger partial charge in [-0.25, -0.2) is 13.5 Å². The van der Waals surface area contributed by atoms with E-state index in [0.29, 0.717) is 50.1 Å². The van der Waals surface area contributed by atoms with Gasteiger partial charge in [0, 0.05) is 43.7 Å². The van der Waals surface area contributed by atoms with Gasteiger partial charge in [-0.3, -0.25) is 0 Å². The minimum Gasteiger partial charge on any atom is -0.388 e. The lowest BCUT2D eigenvalue weighted by Gasteiger charge is -2.39. The van der Waals surface area contributed by atoms with Crippen molar-refractivity contribution in [2.75, 3.05) is 29.9 Å². The van der Waals surface area contributed by atoms with Crippen LogP contribution in [-0.4, -0.2) is 68.2 Å². The van der Waals surface area contributed by atoms with Crippen molar-refractivity contribution in [1.29, 1.82) is 0 Å². The maximum Gasteiger partial charge on any atom is 0.254 e. The number of hydrogen-bond donors (Lipinski definition) is 2. The van der Waals surface area contributed by atoms with Crippen LogP contribution >= 0.6 is 0 Å². The number of nitrogens with one attached hydrogen (secondary N) is 1. The van der Waals surface area contributed by atoms with E-state index in [0.717, 1.165) is 11.4 Å². The molecule has 0 radical (unpaired) electrons. The molecular formula is C22H32F2N6O2. The van der Waals surface area contributed by atoms with Gasteiger partial charge in [0.25, 0.3) is 5.95 Å². The molecule has 2 aromatic heterocycles. The van der Waals surface area contributed by atoms with Crippen LogP contribution in [0.5, 0.6) is 0 Å². The molecule has 2 fully saturated rings. The fourth-order valence-electron chi connectivity index (χ4n) is 4.26. The number of aromatic nitrogens is 4. The second-order valence-electron chi connectivity index (χ2n) is 9.48. The summed E-state index contributed by atoms with van der Waals surface area (Å²) in [5.74, 6) is -0.894. The molecule has 1 saturated heterocycles. The molecule has 3 heterocycles. The van der Waals surface area contributed by atoms with Crippen LogP contribution in [0.1, 0.15) is 50.9 Å². The Morgan fingerprint density at radius 1 is 1.19 bits per heavy atom. The summed E-state index contributed by atoms with van der Waals surface area (Å²) in [5, 5.41) is 18.3. The lowest BCUT2D eigenvalue weighted by atomic mass is 9.92. The number of hydrogen-bond acceptors (Lipinski definition) is 7. The molecule has 4 rings (SSSR count). The van der Waals surface area contributed by atoms with E-state index >= 15 is 0 Å². The molecule has 8 nitrogen and oxygen atoms in total. The van der Waals surface area contributed by atoms with Crippen LogP contribution in [0, 0.1) is 13.8 Å². The molecule has 1 atom stereocenters. The van der Waals surface area contributed by atoms with E-state index < -0.39 is 11.5 Å². The quantitative estimate of drug-likeness (QED) is 0.723. The topological polar surface area (TPSA) is 88.3 Å². The molecule has 2 aliphatic rings. The van der Waals surface area contributed by atoms with Gasteiger partial charge in [-0.2, -0.15) is 15.1 Å². The van der Waals surface area contributed by atoms with Crippen LogP contribution in [0.15, 0.2) is 12.1 Å². The fraction of sp³-hybridized carbons (Fsp3) is 0.682. The number of alkyl halides is 2. The first-order valence-corrected chi connectivity index (χ1v) is 11.2. The normalized spacial score (nSPS) is 22.2. The average Bonchev–Trinajstić information content (AvgIpc) is 3.07. The molecule has 1 aliphatic heterocycles. The Bertz CT molecular complexity index is 948. The zero-order chi connectivity index (χ0) is 23.1. The van der Waals surface area contributed by atoms with Crippen molar-refractivity contribution in [3.63, 3.8) is 0 Å². The highest BCUT2D eigenvalue weighted by Gasteiger charge is 2.36. The minimum absolute atomic E-state index is 0.0699. The van der Waals surface area contributed by atoms with Crippen molar-refractivity contribution >= 4 is 11.6 Å². The Morgan fingerprint density at radius 2 is 1.91 bits per heavy atom. The third-order valence-corrected chi connectivity index (χ3v) is 6.15. The van der Waals surface area contributed by atoms with Gasteiger partial charge < -0.3 is 20.1 Å². The molecule has 176 valence electrons. The van der Waals surface area contributed by atoms with E-state index in [4.69, 9.17) is 9.72 Å². The van der Waals surface area contributed by atoms with E-state index in [-0.39, 0.29) is 25.0 Å². The van der Waals surface area contributed by atoms with Crippen LogP contribution in [0.2, 0.25) is 0 Å². The summed E-state index contributed by atoms with van der Waals surface area (Å²) in [7, 11) is 0. The molecule has 2 aromatic rings. The zero-order valence-corrected chi connectivity index (χ0v) is 19.1. The van der Waals surface area contributed by atoms with Gasteiger partial charge in [0.15, 0.2) is 0 Å². The van der Waals surface area contributed by atoms with Crippen LogP contribution in [0.3, 0.4) is 0 Å². The molecule has 10 heteroatoms. The second kappa shape index (κ2) is 8.55. The smallest absolute Gasteiger partial charge is 0.254 e. The third kappa shape index (κ3) is 5.17. The Balaban J connectivity index is 1.64. The van der Waals surface area contributed by atoms with Crippen molar-refractivity contribution in [1.82, 2.24) is 19.7 Å². The molecule has 1 aliphatic carbocycles. The van der Waals surface area contributed by atoms with Crippen LogP contribution < -0.4 is 10.2 Å². The molecular weight excluding hydrogens is 418 g/mol. The van der Waals surface area contributed by atoms with Gasteiger partial charge in [-0.05, 0) is 46.6 Å². The number of nitrogens with zero attached hydrogens (tertiary/aromatic N) is 5. The Morgan fingerprint density at radius 3 is 2.53 bits per heavy atom. The molecule has 0 aromatic carbocycles. The van der Waals surface area contributed by atoms with Crippen molar-refractivity contribution in [2.24, 2.45) is 0 Å². The number of rotatable bonds is 5. The van der Waals surface area contributed by atoms with Crippen molar-refractivity contribution in [2.45, 2.75) is 77.0 Å². The fourth-order valence-corrected chi connectivity index (χ4v) is 4.26. The van der Waals surface area contributed by atoms with Crippen molar-refractivity contribution in [3.8, 4) is 5.95 Å². The van der Waals surface area contributed by atoms with Crippen molar-refractivity contribution in [3.05, 3.63) is 23.5 Å². The van der Waals surface area contributed by atoms with Crippen LogP contribution in [0.25, 0.3) is 5.95 Å². The largest absolute Gasteiger partial charge is 0.388 e. The Kier molecular flexibility index (Phi) is 6.10. The standard InChI is InChI=1S/C22H32F2N6O2/c1-14-11-15(2)30(28-14)20-26-18(25-16-5-7-22(23,24)8-6-16)12-19(27-20)29-9-10-32-17(13-29)21(3,4)31/h11-12,16-17,31H,5-10,13H2,1-4H3,(H,25,26,27). The highest BCUT2D eigenvalue weighted by molar-refractivity contribution is 5.52. The van der Waals surface area contributed by atoms with E-state index in [9.17, 15) is 13.9 Å². The maximum absolute atomic E-state index is 13.6. The molecule has 0 amide bonds. The molecule has 2 N–H and O–H groups in total. The third-order valence-electron chi connectivity index (χ3n) is 6.15. The van der Waals surface area contributed by atoms with Gasteiger partial charge in [-0.1, -0.05) is 0 Å². The number of aliphatic hydroxyl groups is 1. The summed E-state index contributed by atoms with van der Waals surface area (Å²) >= 11 is 0. The SMILES string of the molecule is Cc1cc(C)n(-c2nc(NC3CCC(F)(F)CC3)cc(N3CCOC(C(C)(C)O)C3)n2)n1. The zero-order valence-electron chi connectivity index (χ0n) is 19.1. The van der Waals surface area contributed by atoms with Crippen LogP contribution in [0.4, 0.5) is 20.4 Å². The predicted octanol–water partition coefficient (Wildman–Crippen LogP) is 3.25. The van der Waals surface area contributed by atoms with Gasteiger partial charge in [-0.15, -0.1) is 0 Å². The number of halogens is 2. The highest BCUT2D eigenvalue weighted by atomic mass is 19.3. The first-order chi connectivity index (χ1) is 15.0. The lowest BCUT2D eigenvalue weighted by Crippen LogP contribution is -2.52. The predicted molar refractivity (Wildman–Crippen MR) is 118 cm³/mol. The van der Waals surface area contributed by atoms with E-state index in [1.54, 1.807) is 18.5 Å². The Labute approximate surface area is 187 Å². The second-order valence-corrected chi connectivity index (χ2v) is 9.48. The lowest BCUT2D eigenvalue weighted by molar-refractivity contribution is -0.0929. The number of aryl methyl sites for hydroxylation is 2. The van der Waals surface area contributed by atoms with Gasteiger partial charge in [0.2, 0.25) is 5.92 Å². The van der Waals surface area contributed by atoms with Crippen LogP contribution in [-0.2, 0) is 4.74 Å². The van der Waals surface area contributed by atoms with E-state index in [2.05, 4.69) is 20.3 Å². The monoisotopic (exact) mass is 450 g/mol. The first kappa shape index (κ1) is 22.8. The molecule has 0 bridgehead atoms. The first-order valence-electron chi connectivity index (χ1n) is 11.2. The summed E-state index contributed by atoms with van der Waals surface area (Å²) < 4.78 is 34.6. The highest BCUT2D eigenvalue weighted by Crippen LogP contribution is 2.34. The minimum atomic E-state index is -2.58. The van der Waals surface area contributed by atoms with Gasteiger partial charge >= 0.3 is 0 Å². The summed E-state index contributed by atoms with van der Waals surface area (Å²) in [6.45, 7) is 8.87. The molecule has 1 unspecified atom stereocenters. The van der Waals surface area contributed by atoms with E-state index in [1.165, 1.54) is 0 Å². The van der Waals surface area contributed by atoms with Gasteiger partial charge in [0.05, 0.1) is 17.9 Å². The summed E-state index contributed by atoms with van der Waals surface area (Å²) in [4.78, 5) is 11.5. The average molecular weight is 451 g/mol. The van der Waals surface area contributed by atoms with E-state index in [1.807, 2.05) is 26.0 Å². The van der Waals surface area contributed by atoms with Gasteiger partial charge in [0.1, 0.15) is 17.7 Å². The molecule has 1 saturated carbocycles. The maximum atomic E-state index is 13.6. The number of ether oxygens (including phenoxy) is 1. The summed E-state index contributed by atoms with van der Waals surface area (Å²) in [6.07, 6.45) is 0.174. The number of morpholine rings is 1. The summed E-state index contributed by atoms with van der Waals surface area (Å²) in [6, 6.07) is 3.72. The number of anilines is 2. The molecule has 32 heavy (non-hydrogen) atoms.